The molecule has 82 valence electrons. The van der Waals surface area contributed by atoms with E-state index in [4.69, 9.17) is 5.11 Å². The summed E-state index contributed by atoms with van der Waals surface area (Å²) in [6.07, 6.45) is 8.09. The molecule has 14 heavy (non-hydrogen) atoms. The third-order valence-corrected chi connectivity index (χ3v) is 5.15. The topological polar surface area (TPSA) is 20.2 Å². The second-order valence-corrected chi connectivity index (χ2v) is 5.77. The SMILES string of the molecule is C[C@H]1CCC[C@]2(C)[C@@H](CCO)CC[C@@H]12. The van der Waals surface area contributed by atoms with Gasteiger partial charge in [0.2, 0.25) is 0 Å². The van der Waals surface area contributed by atoms with E-state index in [9.17, 15) is 0 Å². The lowest BCUT2D eigenvalue weighted by Crippen LogP contribution is -2.36. The van der Waals surface area contributed by atoms with Crippen LogP contribution in [0.4, 0.5) is 0 Å². The van der Waals surface area contributed by atoms with Gasteiger partial charge >= 0.3 is 0 Å². The van der Waals surface area contributed by atoms with Crippen molar-refractivity contribution in [3.63, 3.8) is 0 Å². The average Bonchev–Trinajstić information content (AvgIpc) is 2.46. The number of aliphatic hydroxyl groups excluding tert-OH is 1. The predicted molar refractivity (Wildman–Crippen MR) is 59.0 cm³/mol. The summed E-state index contributed by atoms with van der Waals surface area (Å²) in [5.74, 6) is 2.69. The Hall–Kier alpha value is -0.0400. The van der Waals surface area contributed by atoms with Crippen LogP contribution < -0.4 is 0 Å². The molecule has 0 aromatic heterocycles. The zero-order valence-corrected chi connectivity index (χ0v) is 9.63. The van der Waals surface area contributed by atoms with E-state index >= 15 is 0 Å². The average molecular weight is 196 g/mol. The first-order chi connectivity index (χ1) is 6.68. The second kappa shape index (κ2) is 3.84. The molecule has 2 fully saturated rings. The van der Waals surface area contributed by atoms with Crippen LogP contribution in [0.5, 0.6) is 0 Å². The number of aliphatic hydroxyl groups is 1. The van der Waals surface area contributed by atoms with Gasteiger partial charge in [0, 0.05) is 6.61 Å². The molecule has 4 atom stereocenters. The molecule has 0 radical (unpaired) electrons. The maximum atomic E-state index is 9.10. The zero-order chi connectivity index (χ0) is 10.2. The standard InChI is InChI=1S/C13H24O/c1-10-4-3-8-13(2)11(7-9-14)5-6-12(10)13/h10-12,14H,3-9H2,1-2H3/t10-,11+,12-,13+/m0/s1. The molecule has 0 heterocycles. The monoisotopic (exact) mass is 196 g/mol. The fourth-order valence-electron chi connectivity index (χ4n) is 4.30. The Labute approximate surface area is 87.9 Å². The Bertz CT molecular complexity index is 201. The summed E-state index contributed by atoms with van der Waals surface area (Å²) in [4.78, 5) is 0. The highest BCUT2D eigenvalue weighted by Crippen LogP contribution is 2.58. The minimum Gasteiger partial charge on any atom is -0.396 e. The fraction of sp³-hybridized carbons (Fsp3) is 1.00. The second-order valence-electron chi connectivity index (χ2n) is 5.77. The van der Waals surface area contributed by atoms with Gasteiger partial charge < -0.3 is 5.11 Å². The molecule has 0 spiro atoms. The molecule has 2 saturated carbocycles. The van der Waals surface area contributed by atoms with Gasteiger partial charge in [-0.15, -0.1) is 0 Å². The van der Waals surface area contributed by atoms with Crippen LogP contribution in [-0.2, 0) is 0 Å². The molecule has 0 aromatic carbocycles. The van der Waals surface area contributed by atoms with Crippen molar-refractivity contribution in [2.75, 3.05) is 6.61 Å². The van der Waals surface area contributed by atoms with Crippen LogP contribution in [0.3, 0.4) is 0 Å². The van der Waals surface area contributed by atoms with E-state index in [1.54, 1.807) is 0 Å². The lowest BCUT2D eigenvalue weighted by Gasteiger charge is -2.44. The van der Waals surface area contributed by atoms with Crippen molar-refractivity contribution < 1.29 is 5.11 Å². The molecule has 1 nitrogen and oxygen atoms in total. The third-order valence-electron chi connectivity index (χ3n) is 5.15. The van der Waals surface area contributed by atoms with Gasteiger partial charge in [0.1, 0.15) is 0 Å². The van der Waals surface area contributed by atoms with Gasteiger partial charge in [-0.05, 0) is 48.9 Å². The van der Waals surface area contributed by atoms with E-state index in [-0.39, 0.29) is 0 Å². The van der Waals surface area contributed by atoms with E-state index in [2.05, 4.69) is 13.8 Å². The maximum Gasteiger partial charge on any atom is 0.0433 e. The van der Waals surface area contributed by atoms with Crippen LogP contribution in [0.2, 0.25) is 0 Å². The molecule has 0 amide bonds. The van der Waals surface area contributed by atoms with E-state index in [0.29, 0.717) is 12.0 Å². The first-order valence-corrected chi connectivity index (χ1v) is 6.29. The molecule has 0 saturated heterocycles. The van der Waals surface area contributed by atoms with E-state index in [1.807, 2.05) is 0 Å². The fourth-order valence-corrected chi connectivity index (χ4v) is 4.30. The van der Waals surface area contributed by atoms with E-state index < -0.39 is 0 Å². The van der Waals surface area contributed by atoms with Crippen molar-refractivity contribution in [2.24, 2.45) is 23.2 Å². The van der Waals surface area contributed by atoms with Gasteiger partial charge in [0.25, 0.3) is 0 Å². The quantitative estimate of drug-likeness (QED) is 0.719. The lowest BCUT2D eigenvalue weighted by atomic mass is 9.61. The number of fused-ring (bicyclic) bond motifs is 1. The van der Waals surface area contributed by atoms with Crippen molar-refractivity contribution in [2.45, 2.75) is 52.4 Å². The molecule has 0 aliphatic heterocycles. The Balaban J connectivity index is 2.12. The highest BCUT2D eigenvalue weighted by atomic mass is 16.3. The Morgan fingerprint density at radius 2 is 2.07 bits per heavy atom. The zero-order valence-electron chi connectivity index (χ0n) is 9.63. The smallest absolute Gasteiger partial charge is 0.0433 e. The van der Waals surface area contributed by atoms with Crippen LogP contribution in [0.25, 0.3) is 0 Å². The highest BCUT2D eigenvalue weighted by molar-refractivity contribution is 4.98. The molecule has 1 N–H and O–H groups in total. The lowest BCUT2D eigenvalue weighted by molar-refractivity contribution is 0.0482. The molecule has 1 heteroatoms. The predicted octanol–water partition coefficient (Wildman–Crippen LogP) is 3.22. The third kappa shape index (κ3) is 1.50. The van der Waals surface area contributed by atoms with Gasteiger partial charge in [-0.1, -0.05) is 26.7 Å². The molecule has 2 aliphatic carbocycles. The van der Waals surface area contributed by atoms with E-state index in [1.165, 1.54) is 32.1 Å². The Kier molecular flexibility index (Phi) is 2.88. The normalized spacial score (nSPS) is 47.8. The molecule has 2 rings (SSSR count). The van der Waals surface area contributed by atoms with Crippen molar-refractivity contribution in [3.05, 3.63) is 0 Å². The van der Waals surface area contributed by atoms with Crippen molar-refractivity contribution in [3.8, 4) is 0 Å². The van der Waals surface area contributed by atoms with Crippen LogP contribution in [0.15, 0.2) is 0 Å². The van der Waals surface area contributed by atoms with Crippen LogP contribution in [0, 0.1) is 23.2 Å². The van der Waals surface area contributed by atoms with Crippen molar-refractivity contribution in [1.29, 1.82) is 0 Å². The largest absolute Gasteiger partial charge is 0.396 e. The number of rotatable bonds is 2. The number of hydrogen-bond acceptors (Lipinski definition) is 1. The minimum atomic E-state index is 0.390. The summed E-state index contributed by atoms with van der Waals surface area (Å²) in [6, 6.07) is 0. The van der Waals surface area contributed by atoms with Gasteiger partial charge in [0.15, 0.2) is 0 Å². The number of hydrogen-bond donors (Lipinski definition) is 1. The van der Waals surface area contributed by atoms with Crippen molar-refractivity contribution in [1.82, 2.24) is 0 Å². The molecule has 0 bridgehead atoms. The summed E-state index contributed by atoms with van der Waals surface area (Å²) in [5, 5.41) is 9.10. The van der Waals surface area contributed by atoms with Gasteiger partial charge in [0.05, 0.1) is 0 Å². The maximum absolute atomic E-state index is 9.10. The van der Waals surface area contributed by atoms with Crippen LogP contribution >= 0.6 is 0 Å². The van der Waals surface area contributed by atoms with Gasteiger partial charge in [-0.3, -0.25) is 0 Å². The summed E-state index contributed by atoms with van der Waals surface area (Å²) >= 11 is 0. The Morgan fingerprint density at radius 3 is 2.79 bits per heavy atom. The molecular formula is C13H24O. The molecule has 2 aliphatic rings. The summed E-state index contributed by atoms with van der Waals surface area (Å²) in [5.41, 5.74) is 0.570. The summed E-state index contributed by atoms with van der Waals surface area (Å²) in [7, 11) is 0. The van der Waals surface area contributed by atoms with Gasteiger partial charge in [-0.2, -0.15) is 0 Å². The first-order valence-electron chi connectivity index (χ1n) is 6.29. The summed E-state index contributed by atoms with van der Waals surface area (Å²) in [6.45, 7) is 5.31. The van der Waals surface area contributed by atoms with Crippen LogP contribution in [-0.4, -0.2) is 11.7 Å². The molecular weight excluding hydrogens is 172 g/mol. The first kappa shape index (κ1) is 10.5. The van der Waals surface area contributed by atoms with Crippen LogP contribution in [0.1, 0.15) is 52.4 Å². The Morgan fingerprint density at radius 1 is 1.29 bits per heavy atom. The molecule has 0 aromatic rings. The highest BCUT2D eigenvalue weighted by Gasteiger charge is 2.49. The van der Waals surface area contributed by atoms with Gasteiger partial charge in [-0.25, -0.2) is 0 Å². The van der Waals surface area contributed by atoms with E-state index in [0.717, 1.165) is 24.2 Å². The molecule has 0 unspecified atom stereocenters. The van der Waals surface area contributed by atoms with Crippen molar-refractivity contribution >= 4 is 0 Å². The summed E-state index contributed by atoms with van der Waals surface area (Å²) < 4.78 is 0. The minimum absolute atomic E-state index is 0.390.